The number of fused-ring (bicyclic) bond motifs is 1. The van der Waals surface area contributed by atoms with E-state index in [4.69, 9.17) is 0 Å². The molecule has 0 aliphatic heterocycles. The Labute approximate surface area is 95.8 Å². The topological polar surface area (TPSA) is 0 Å². The van der Waals surface area contributed by atoms with Crippen molar-refractivity contribution in [3.63, 3.8) is 0 Å². The molecule has 88 valence electrons. The molecule has 0 radical (unpaired) electrons. The summed E-state index contributed by atoms with van der Waals surface area (Å²) in [4.78, 5) is 0. The zero-order valence-corrected chi connectivity index (χ0v) is 10.8. The quantitative estimate of drug-likeness (QED) is 0.545. The van der Waals surface area contributed by atoms with Gasteiger partial charge >= 0.3 is 0 Å². The second-order valence-corrected chi connectivity index (χ2v) is 6.04. The van der Waals surface area contributed by atoms with Crippen LogP contribution in [0, 0.1) is 29.6 Å². The van der Waals surface area contributed by atoms with Crippen LogP contribution in [0.5, 0.6) is 0 Å². The van der Waals surface area contributed by atoms with E-state index >= 15 is 0 Å². The molecular formula is C15H28. The molecule has 2 saturated carbocycles. The minimum atomic E-state index is 1.06. The summed E-state index contributed by atoms with van der Waals surface area (Å²) in [6, 6.07) is 0. The van der Waals surface area contributed by atoms with E-state index in [-0.39, 0.29) is 0 Å². The summed E-state index contributed by atoms with van der Waals surface area (Å²) in [5.41, 5.74) is 0. The highest BCUT2D eigenvalue weighted by atomic mass is 14.6. The van der Waals surface area contributed by atoms with E-state index in [9.17, 15) is 0 Å². The second-order valence-electron chi connectivity index (χ2n) is 6.04. The minimum absolute atomic E-state index is 1.06. The molecule has 15 heavy (non-hydrogen) atoms. The summed E-state index contributed by atoms with van der Waals surface area (Å²) in [6.45, 7) is 7.19. The van der Waals surface area contributed by atoms with Gasteiger partial charge < -0.3 is 0 Å². The summed E-state index contributed by atoms with van der Waals surface area (Å²) in [5, 5.41) is 0. The van der Waals surface area contributed by atoms with Gasteiger partial charge in [-0.05, 0) is 42.4 Å². The van der Waals surface area contributed by atoms with Crippen LogP contribution >= 0.6 is 0 Å². The van der Waals surface area contributed by atoms with Crippen molar-refractivity contribution in [2.24, 2.45) is 29.6 Å². The van der Waals surface area contributed by atoms with Gasteiger partial charge in [-0.2, -0.15) is 0 Å². The zero-order chi connectivity index (χ0) is 10.8. The molecule has 5 unspecified atom stereocenters. The van der Waals surface area contributed by atoms with Crippen molar-refractivity contribution in [2.75, 3.05) is 0 Å². The Morgan fingerprint density at radius 2 is 1.80 bits per heavy atom. The summed E-state index contributed by atoms with van der Waals surface area (Å²) in [7, 11) is 0. The maximum absolute atomic E-state index is 2.53. The van der Waals surface area contributed by atoms with Crippen LogP contribution in [0.2, 0.25) is 0 Å². The fraction of sp³-hybridized carbons (Fsp3) is 1.00. The van der Waals surface area contributed by atoms with Crippen molar-refractivity contribution in [1.29, 1.82) is 0 Å². The van der Waals surface area contributed by atoms with E-state index in [1.54, 1.807) is 12.8 Å². The fourth-order valence-electron chi connectivity index (χ4n) is 4.25. The van der Waals surface area contributed by atoms with Gasteiger partial charge in [0.25, 0.3) is 0 Å². The van der Waals surface area contributed by atoms with Crippen LogP contribution in [0.25, 0.3) is 0 Å². The third-order valence-electron chi connectivity index (χ3n) is 5.12. The monoisotopic (exact) mass is 208 g/mol. The van der Waals surface area contributed by atoms with Gasteiger partial charge in [-0.25, -0.2) is 0 Å². The average molecular weight is 208 g/mol. The molecule has 0 N–H and O–H groups in total. The standard InChI is InChI=1S/C15H28/c1-4-6-7-9-13-14-10-12(8-5-2)11(3)15(13)14/h11-15H,4-10H2,1-3H3. The van der Waals surface area contributed by atoms with Crippen LogP contribution in [-0.2, 0) is 0 Å². The Bertz CT molecular complexity index is 192. The van der Waals surface area contributed by atoms with E-state index in [1.165, 1.54) is 32.1 Å². The van der Waals surface area contributed by atoms with Gasteiger partial charge in [0.2, 0.25) is 0 Å². The van der Waals surface area contributed by atoms with Gasteiger partial charge in [-0.1, -0.05) is 52.9 Å². The highest BCUT2D eigenvalue weighted by Crippen LogP contribution is 2.64. The molecule has 0 bridgehead atoms. The summed E-state index contributed by atoms with van der Waals surface area (Å²) >= 11 is 0. The molecule has 0 spiro atoms. The van der Waals surface area contributed by atoms with Crippen LogP contribution in [-0.4, -0.2) is 0 Å². The molecule has 0 nitrogen and oxygen atoms in total. The maximum atomic E-state index is 2.53. The Morgan fingerprint density at radius 1 is 1.00 bits per heavy atom. The highest BCUT2D eigenvalue weighted by molar-refractivity contribution is 5.06. The van der Waals surface area contributed by atoms with Crippen molar-refractivity contribution in [3.05, 3.63) is 0 Å². The smallest absolute Gasteiger partial charge is 0.0323 e. The largest absolute Gasteiger partial charge is 0.0654 e. The predicted molar refractivity (Wildman–Crippen MR) is 66.8 cm³/mol. The van der Waals surface area contributed by atoms with Crippen LogP contribution < -0.4 is 0 Å². The molecule has 2 aliphatic rings. The van der Waals surface area contributed by atoms with Gasteiger partial charge in [0.1, 0.15) is 0 Å². The lowest BCUT2D eigenvalue weighted by molar-refractivity contribution is 0.302. The molecule has 0 heteroatoms. The van der Waals surface area contributed by atoms with Crippen LogP contribution in [0.15, 0.2) is 0 Å². The lowest BCUT2D eigenvalue weighted by Gasteiger charge is -2.20. The predicted octanol–water partition coefficient (Wildman–Crippen LogP) is 4.89. The third-order valence-corrected chi connectivity index (χ3v) is 5.12. The van der Waals surface area contributed by atoms with Crippen LogP contribution in [0.1, 0.15) is 65.7 Å². The lowest BCUT2D eigenvalue weighted by Crippen LogP contribution is -2.11. The van der Waals surface area contributed by atoms with Gasteiger partial charge in [-0.3, -0.25) is 0 Å². The Balaban J connectivity index is 1.70. The molecule has 5 atom stereocenters. The molecule has 0 aromatic carbocycles. The maximum Gasteiger partial charge on any atom is -0.0323 e. The van der Waals surface area contributed by atoms with E-state index in [0.717, 1.165) is 29.6 Å². The first-order valence-corrected chi connectivity index (χ1v) is 7.29. The van der Waals surface area contributed by atoms with Crippen LogP contribution in [0.4, 0.5) is 0 Å². The van der Waals surface area contributed by atoms with Crippen molar-refractivity contribution in [2.45, 2.75) is 65.7 Å². The molecule has 0 heterocycles. The molecule has 2 aliphatic carbocycles. The molecule has 0 aromatic rings. The third kappa shape index (κ3) is 2.24. The number of unbranched alkanes of at least 4 members (excludes halogenated alkanes) is 2. The number of rotatable bonds is 6. The SMILES string of the molecule is CCCCCC1C2CC(CCC)C(C)C12. The van der Waals surface area contributed by atoms with E-state index in [1.807, 2.05) is 0 Å². The van der Waals surface area contributed by atoms with Crippen molar-refractivity contribution < 1.29 is 0 Å². The minimum Gasteiger partial charge on any atom is -0.0654 e. The lowest BCUT2D eigenvalue weighted by atomic mass is 9.86. The first-order chi connectivity index (χ1) is 7.29. The van der Waals surface area contributed by atoms with Gasteiger partial charge in [0, 0.05) is 0 Å². The molecule has 0 amide bonds. The van der Waals surface area contributed by atoms with Crippen LogP contribution in [0.3, 0.4) is 0 Å². The summed E-state index contributed by atoms with van der Waals surface area (Å²) in [5.74, 6) is 5.61. The first-order valence-electron chi connectivity index (χ1n) is 7.29. The highest BCUT2D eigenvalue weighted by Gasteiger charge is 2.58. The second kappa shape index (κ2) is 4.89. The Morgan fingerprint density at radius 3 is 2.33 bits per heavy atom. The Kier molecular flexibility index (Phi) is 3.74. The zero-order valence-electron chi connectivity index (χ0n) is 10.8. The van der Waals surface area contributed by atoms with E-state index < -0.39 is 0 Å². The molecular weight excluding hydrogens is 180 g/mol. The van der Waals surface area contributed by atoms with Gasteiger partial charge in [0.05, 0.1) is 0 Å². The number of hydrogen-bond acceptors (Lipinski definition) is 0. The fourth-order valence-corrected chi connectivity index (χ4v) is 4.25. The molecule has 2 rings (SSSR count). The average Bonchev–Trinajstić information content (AvgIpc) is 2.80. The molecule has 2 fully saturated rings. The molecule has 0 saturated heterocycles. The first kappa shape index (κ1) is 11.5. The Hall–Kier alpha value is 0. The van der Waals surface area contributed by atoms with Crippen molar-refractivity contribution >= 4 is 0 Å². The van der Waals surface area contributed by atoms with Gasteiger partial charge in [-0.15, -0.1) is 0 Å². The van der Waals surface area contributed by atoms with E-state index in [2.05, 4.69) is 20.8 Å². The normalized spacial score (nSPS) is 43.0. The van der Waals surface area contributed by atoms with Gasteiger partial charge in [0.15, 0.2) is 0 Å². The summed E-state index contributed by atoms with van der Waals surface area (Å²) < 4.78 is 0. The van der Waals surface area contributed by atoms with Crippen molar-refractivity contribution in [3.8, 4) is 0 Å². The number of hydrogen-bond donors (Lipinski definition) is 0. The summed E-state index contributed by atoms with van der Waals surface area (Å²) in [6.07, 6.45) is 10.4. The van der Waals surface area contributed by atoms with Crippen molar-refractivity contribution in [1.82, 2.24) is 0 Å². The molecule has 0 aromatic heterocycles. The van der Waals surface area contributed by atoms with E-state index in [0.29, 0.717) is 0 Å².